The standard InChI is InChI=1S/C18H26N4O3/c1-25-14-17(23)21-8-4-15(5-9-21)18(24)22-12-10-20(11-13-22)16-2-6-19-7-3-16/h2-3,6-7,15H,4-5,8-14H2,1H3. The van der Waals surface area contributed by atoms with Crippen molar-refractivity contribution in [1.82, 2.24) is 14.8 Å². The average molecular weight is 346 g/mol. The van der Waals surface area contributed by atoms with Gasteiger partial charge in [0.1, 0.15) is 6.61 Å². The van der Waals surface area contributed by atoms with Crippen molar-refractivity contribution >= 4 is 17.5 Å². The Labute approximate surface area is 148 Å². The third-order valence-electron chi connectivity index (χ3n) is 5.08. The lowest BCUT2D eigenvalue weighted by Crippen LogP contribution is -2.52. The van der Waals surface area contributed by atoms with E-state index in [0.717, 1.165) is 44.7 Å². The van der Waals surface area contributed by atoms with Gasteiger partial charge < -0.3 is 19.4 Å². The summed E-state index contributed by atoms with van der Waals surface area (Å²) in [6.07, 6.45) is 5.09. The van der Waals surface area contributed by atoms with Crippen molar-refractivity contribution in [2.75, 3.05) is 57.9 Å². The first-order chi connectivity index (χ1) is 12.2. The number of ether oxygens (including phenoxy) is 1. The highest BCUT2D eigenvalue weighted by atomic mass is 16.5. The predicted molar refractivity (Wildman–Crippen MR) is 94.2 cm³/mol. The molecule has 0 aromatic carbocycles. The summed E-state index contributed by atoms with van der Waals surface area (Å²) >= 11 is 0. The van der Waals surface area contributed by atoms with E-state index in [2.05, 4.69) is 9.88 Å². The number of nitrogens with zero attached hydrogens (tertiary/aromatic N) is 4. The zero-order valence-corrected chi connectivity index (χ0v) is 14.8. The van der Waals surface area contributed by atoms with Gasteiger partial charge in [-0.05, 0) is 25.0 Å². The molecular formula is C18H26N4O3. The quantitative estimate of drug-likeness (QED) is 0.799. The molecule has 2 aliphatic rings. The van der Waals surface area contributed by atoms with Crippen LogP contribution in [-0.2, 0) is 14.3 Å². The van der Waals surface area contributed by atoms with Gasteiger partial charge in [0.05, 0.1) is 0 Å². The van der Waals surface area contributed by atoms with Crippen LogP contribution in [0.25, 0.3) is 0 Å². The number of anilines is 1. The van der Waals surface area contributed by atoms with Crippen LogP contribution in [0.5, 0.6) is 0 Å². The lowest BCUT2D eigenvalue weighted by atomic mass is 9.95. The second-order valence-corrected chi connectivity index (χ2v) is 6.61. The molecule has 0 N–H and O–H groups in total. The molecule has 3 rings (SSSR count). The van der Waals surface area contributed by atoms with E-state index in [1.54, 1.807) is 17.3 Å². The summed E-state index contributed by atoms with van der Waals surface area (Å²) in [7, 11) is 1.53. The van der Waals surface area contributed by atoms with Crippen molar-refractivity contribution in [2.24, 2.45) is 5.92 Å². The minimum Gasteiger partial charge on any atom is -0.375 e. The molecule has 136 valence electrons. The normalized spacial score (nSPS) is 19.2. The fourth-order valence-corrected chi connectivity index (χ4v) is 3.59. The predicted octanol–water partition coefficient (Wildman–Crippen LogP) is 0.615. The molecule has 0 radical (unpaired) electrons. The first-order valence-electron chi connectivity index (χ1n) is 8.89. The maximum absolute atomic E-state index is 12.8. The summed E-state index contributed by atoms with van der Waals surface area (Å²) < 4.78 is 4.90. The fourth-order valence-electron chi connectivity index (χ4n) is 3.59. The Hall–Kier alpha value is -2.15. The number of pyridine rings is 1. The summed E-state index contributed by atoms with van der Waals surface area (Å²) in [6, 6.07) is 4.01. The van der Waals surface area contributed by atoms with Crippen molar-refractivity contribution in [3.8, 4) is 0 Å². The maximum atomic E-state index is 12.8. The molecular weight excluding hydrogens is 320 g/mol. The van der Waals surface area contributed by atoms with Gasteiger partial charge >= 0.3 is 0 Å². The highest BCUT2D eigenvalue weighted by Crippen LogP contribution is 2.22. The molecule has 1 aromatic heterocycles. The summed E-state index contributed by atoms with van der Waals surface area (Å²) in [6.45, 7) is 4.62. The summed E-state index contributed by atoms with van der Waals surface area (Å²) in [5.74, 6) is 0.298. The van der Waals surface area contributed by atoms with Crippen molar-refractivity contribution in [1.29, 1.82) is 0 Å². The van der Waals surface area contributed by atoms with Crippen LogP contribution in [-0.4, -0.2) is 79.6 Å². The molecule has 2 fully saturated rings. The third kappa shape index (κ3) is 4.28. The molecule has 2 saturated heterocycles. The fraction of sp³-hybridized carbons (Fsp3) is 0.611. The van der Waals surface area contributed by atoms with Crippen LogP contribution in [0.4, 0.5) is 5.69 Å². The van der Waals surface area contributed by atoms with E-state index in [1.165, 1.54) is 7.11 Å². The van der Waals surface area contributed by atoms with Gasteiger partial charge in [0.25, 0.3) is 0 Å². The number of likely N-dealkylation sites (tertiary alicyclic amines) is 1. The molecule has 1 aromatic rings. The van der Waals surface area contributed by atoms with Crippen molar-refractivity contribution in [2.45, 2.75) is 12.8 Å². The van der Waals surface area contributed by atoms with E-state index in [9.17, 15) is 9.59 Å². The Morgan fingerprint density at radius 2 is 1.68 bits per heavy atom. The molecule has 7 nitrogen and oxygen atoms in total. The van der Waals surface area contributed by atoms with E-state index in [1.807, 2.05) is 17.0 Å². The Bertz CT molecular complexity index is 579. The number of hydrogen-bond donors (Lipinski definition) is 0. The molecule has 0 bridgehead atoms. The van der Waals surface area contributed by atoms with Crippen LogP contribution in [0.2, 0.25) is 0 Å². The third-order valence-corrected chi connectivity index (χ3v) is 5.08. The molecule has 0 spiro atoms. The van der Waals surface area contributed by atoms with Crippen molar-refractivity contribution < 1.29 is 14.3 Å². The highest BCUT2D eigenvalue weighted by molar-refractivity contribution is 5.81. The van der Waals surface area contributed by atoms with E-state index in [0.29, 0.717) is 13.1 Å². The Kier molecular flexibility index (Phi) is 5.86. The summed E-state index contributed by atoms with van der Waals surface area (Å²) in [5, 5.41) is 0. The number of carbonyl (C=O) groups excluding carboxylic acids is 2. The number of aromatic nitrogens is 1. The first-order valence-corrected chi connectivity index (χ1v) is 8.89. The Morgan fingerprint density at radius 1 is 1.04 bits per heavy atom. The Morgan fingerprint density at radius 3 is 2.28 bits per heavy atom. The number of amides is 2. The van der Waals surface area contributed by atoms with Crippen molar-refractivity contribution in [3.63, 3.8) is 0 Å². The number of carbonyl (C=O) groups is 2. The number of hydrogen-bond acceptors (Lipinski definition) is 5. The second-order valence-electron chi connectivity index (χ2n) is 6.61. The molecule has 25 heavy (non-hydrogen) atoms. The van der Waals surface area contributed by atoms with Gasteiger partial charge in [-0.3, -0.25) is 14.6 Å². The van der Waals surface area contributed by atoms with E-state index in [-0.39, 0.29) is 24.3 Å². The summed E-state index contributed by atoms with van der Waals surface area (Å²) in [4.78, 5) is 34.7. The number of piperidine rings is 1. The minimum absolute atomic E-state index is 0.0133. The van der Waals surface area contributed by atoms with Gasteiger partial charge in [-0.2, -0.15) is 0 Å². The molecule has 0 aliphatic carbocycles. The molecule has 0 atom stereocenters. The molecule has 0 saturated carbocycles. The van der Waals surface area contributed by atoms with Crippen LogP contribution in [0.1, 0.15) is 12.8 Å². The van der Waals surface area contributed by atoms with Gasteiger partial charge in [-0.1, -0.05) is 0 Å². The molecule has 2 aliphatic heterocycles. The zero-order chi connectivity index (χ0) is 17.6. The second kappa shape index (κ2) is 8.29. The van der Waals surface area contributed by atoms with Crippen LogP contribution in [0.15, 0.2) is 24.5 Å². The lowest BCUT2D eigenvalue weighted by Gasteiger charge is -2.39. The van der Waals surface area contributed by atoms with Crippen LogP contribution < -0.4 is 4.90 Å². The maximum Gasteiger partial charge on any atom is 0.248 e. The van der Waals surface area contributed by atoms with Gasteiger partial charge in [-0.25, -0.2) is 0 Å². The Balaban J connectivity index is 1.46. The van der Waals surface area contributed by atoms with Gasteiger partial charge in [0, 0.05) is 70.4 Å². The average Bonchev–Trinajstić information content (AvgIpc) is 2.68. The van der Waals surface area contributed by atoms with Gasteiger partial charge in [0.2, 0.25) is 11.8 Å². The molecule has 3 heterocycles. The topological polar surface area (TPSA) is 66.0 Å². The number of piperazine rings is 1. The van der Waals surface area contributed by atoms with Gasteiger partial charge in [-0.15, -0.1) is 0 Å². The number of methoxy groups -OCH3 is 1. The first kappa shape index (κ1) is 17.7. The van der Waals surface area contributed by atoms with Crippen LogP contribution in [0.3, 0.4) is 0 Å². The van der Waals surface area contributed by atoms with E-state index >= 15 is 0 Å². The van der Waals surface area contributed by atoms with E-state index < -0.39 is 0 Å². The largest absolute Gasteiger partial charge is 0.375 e. The van der Waals surface area contributed by atoms with Crippen LogP contribution in [0, 0.1) is 5.92 Å². The smallest absolute Gasteiger partial charge is 0.248 e. The van der Waals surface area contributed by atoms with Crippen molar-refractivity contribution in [3.05, 3.63) is 24.5 Å². The molecule has 7 heteroatoms. The molecule has 0 unspecified atom stereocenters. The van der Waals surface area contributed by atoms with E-state index in [4.69, 9.17) is 4.74 Å². The lowest BCUT2D eigenvalue weighted by molar-refractivity contribution is -0.142. The monoisotopic (exact) mass is 346 g/mol. The van der Waals surface area contributed by atoms with Gasteiger partial charge in [0.15, 0.2) is 0 Å². The summed E-state index contributed by atoms with van der Waals surface area (Å²) in [5.41, 5.74) is 1.16. The van der Waals surface area contributed by atoms with Crippen LogP contribution >= 0.6 is 0 Å². The highest BCUT2D eigenvalue weighted by Gasteiger charge is 2.31. The number of rotatable bonds is 4. The minimum atomic E-state index is 0.0133. The molecule has 2 amide bonds. The zero-order valence-electron chi connectivity index (χ0n) is 14.8. The SMILES string of the molecule is COCC(=O)N1CCC(C(=O)N2CCN(c3ccncc3)CC2)CC1.